The Morgan fingerprint density at radius 1 is 0.972 bits per heavy atom. The first kappa shape index (κ1) is 22.7. The maximum atomic E-state index is 13.6. The molecule has 36 heavy (non-hydrogen) atoms. The van der Waals surface area contributed by atoms with Crippen molar-refractivity contribution >= 4 is 33.4 Å². The second kappa shape index (κ2) is 9.37. The van der Waals surface area contributed by atoms with Gasteiger partial charge in [-0.05, 0) is 36.8 Å². The minimum absolute atomic E-state index is 0.0364. The maximum Gasteiger partial charge on any atom is 0.269 e. The molecule has 2 aromatic carbocycles. The molecule has 2 aliphatic rings. The van der Waals surface area contributed by atoms with Gasteiger partial charge >= 0.3 is 0 Å². The Hall–Kier alpha value is -3.75. The highest BCUT2D eigenvalue weighted by Gasteiger charge is 2.35. The molecule has 3 atom stereocenters. The van der Waals surface area contributed by atoms with Gasteiger partial charge in [-0.15, -0.1) is 11.3 Å². The van der Waals surface area contributed by atoms with Crippen molar-refractivity contribution in [1.82, 2.24) is 8.96 Å². The third-order valence-electron chi connectivity index (χ3n) is 6.51. The number of allylic oxidation sites excluding steroid dienone is 2. The van der Waals surface area contributed by atoms with Crippen LogP contribution in [0.3, 0.4) is 0 Å². The van der Waals surface area contributed by atoms with Crippen LogP contribution in [0.15, 0.2) is 113 Å². The van der Waals surface area contributed by atoms with Gasteiger partial charge in [-0.1, -0.05) is 54.6 Å². The Morgan fingerprint density at radius 3 is 2.47 bits per heavy atom. The first-order valence-corrected chi connectivity index (χ1v) is 14.0. The van der Waals surface area contributed by atoms with Crippen LogP contribution in [0.25, 0.3) is 10.4 Å². The summed E-state index contributed by atoms with van der Waals surface area (Å²) in [5, 5.41) is 0. The number of benzene rings is 2. The van der Waals surface area contributed by atoms with E-state index < -0.39 is 10.0 Å². The fourth-order valence-corrected chi connectivity index (χ4v) is 6.77. The first-order chi connectivity index (χ1) is 17.6. The molecular formula is C28H23N3O3S2. The van der Waals surface area contributed by atoms with Crippen LogP contribution in [0.4, 0.5) is 5.82 Å². The minimum atomic E-state index is -3.81. The lowest BCUT2D eigenvalue weighted by Gasteiger charge is -2.31. The van der Waals surface area contributed by atoms with Crippen LogP contribution in [0.2, 0.25) is 0 Å². The van der Waals surface area contributed by atoms with Gasteiger partial charge in [0.15, 0.2) is 0 Å². The molecule has 0 N–H and O–H groups in total. The molecule has 0 bridgehead atoms. The number of aromatic nitrogens is 2. The summed E-state index contributed by atoms with van der Waals surface area (Å²) in [5.41, 5.74) is 3.52. The normalized spacial score (nSPS) is 20.8. The number of ether oxygens (including phenoxy) is 1. The Labute approximate surface area is 214 Å². The van der Waals surface area contributed by atoms with E-state index >= 15 is 0 Å². The molecule has 0 amide bonds. The molecular weight excluding hydrogens is 490 g/mol. The standard InChI is InChI=1S/C28H23N3O3S2/c32-36(33,22-11-5-2-6-12-22)31-18-25(27-17-29-19-35-27)24-15-20(16-30-28(24)31)23-13-7-8-14-26(23)34-21-9-3-1-4-10-21/h1-14,16-20,23,26H,15H2. The molecule has 0 spiro atoms. The number of hydrogen-bond donors (Lipinski definition) is 0. The van der Waals surface area contributed by atoms with Gasteiger partial charge in [0.1, 0.15) is 17.7 Å². The second-order valence-electron chi connectivity index (χ2n) is 8.71. The number of para-hydroxylation sites is 1. The zero-order valence-electron chi connectivity index (χ0n) is 19.2. The van der Waals surface area contributed by atoms with Crippen LogP contribution < -0.4 is 4.74 Å². The van der Waals surface area contributed by atoms with E-state index in [1.807, 2.05) is 48.7 Å². The minimum Gasteiger partial charge on any atom is -0.486 e. The van der Waals surface area contributed by atoms with Crippen molar-refractivity contribution in [2.24, 2.45) is 16.8 Å². The summed E-state index contributed by atoms with van der Waals surface area (Å²) in [6.07, 6.45) is 14.1. The average Bonchev–Trinajstić information content (AvgIpc) is 3.58. The topological polar surface area (TPSA) is 73.5 Å². The van der Waals surface area contributed by atoms with Crippen molar-refractivity contribution in [2.75, 3.05) is 0 Å². The molecule has 8 heteroatoms. The molecule has 1 aliphatic carbocycles. The van der Waals surface area contributed by atoms with Crippen LogP contribution >= 0.6 is 11.3 Å². The fourth-order valence-electron chi connectivity index (χ4n) is 4.75. The molecule has 0 saturated carbocycles. The fraction of sp³-hybridized carbons (Fsp3) is 0.143. The molecule has 2 aromatic heterocycles. The number of thiazole rings is 1. The number of rotatable bonds is 6. The average molecular weight is 514 g/mol. The molecule has 1 aliphatic heterocycles. The zero-order chi connectivity index (χ0) is 24.5. The van der Waals surface area contributed by atoms with E-state index in [9.17, 15) is 8.42 Å². The lowest BCUT2D eigenvalue weighted by molar-refractivity contribution is 0.181. The van der Waals surface area contributed by atoms with E-state index in [2.05, 4.69) is 17.1 Å². The van der Waals surface area contributed by atoms with E-state index in [-0.39, 0.29) is 22.8 Å². The van der Waals surface area contributed by atoms with E-state index in [1.54, 1.807) is 48.2 Å². The highest BCUT2D eigenvalue weighted by Crippen LogP contribution is 2.42. The molecule has 3 heterocycles. The van der Waals surface area contributed by atoms with Gasteiger partial charge in [0.05, 0.1) is 15.3 Å². The van der Waals surface area contributed by atoms with Crippen LogP contribution in [-0.4, -0.2) is 29.7 Å². The highest BCUT2D eigenvalue weighted by molar-refractivity contribution is 7.90. The number of hydrogen-bond acceptors (Lipinski definition) is 6. The summed E-state index contributed by atoms with van der Waals surface area (Å²) in [7, 11) is -3.81. The third-order valence-corrected chi connectivity index (χ3v) is 8.98. The van der Waals surface area contributed by atoms with Crippen molar-refractivity contribution < 1.29 is 13.2 Å². The Bertz CT molecular complexity index is 1550. The summed E-state index contributed by atoms with van der Waals surface area (Å²) in [5.74, 6) is 1.35. The first-order valence-electron chi connectivity index (χ1n) is 11.7. The molecule has 0 radical (unpaired) electrons. The van der Waals surface area contributed by atoms with Crippen molar-refractivity contribution in [3.8, 4) is 16.2 Å². The molecule has 0 fully saturated rings. The SMILES string of the molecule is O=S(=O)(c1ccccc1)n1cc(-c2cncs2)c2c1N=CC(C1C=CC=CC1Oc1ccccc1)C2. The van der Waals surface area contributed by atoms with Gasteiger partial charge in [-0.3, -0.25) is 4.98 Å². The zero-order valence-corrected chi connectivity index (χ0v) is 20.8. The van der Waals surface area contributed by atoms with Gasteiger partial charge in [0.25, 0.3) is 10.0 Å². The Morgan fingerprint density at radius 2 is 1.72 bits per heavy atom. The monoisotopic (exact) mass is 513 g/mol. The van der Waals surface area contributed by atoms with Crippen molar-refractivity contribution in [2.45, 2.75) is 17.4 Å². The van der Waals surface area contributed by atoms with E-state index in [4.69, 9.17) is 9.73 Å². The van der Waals surface area contributed by atoms with Gasteiger partial charge in [0, 0.05) is 41.6 Å². The van der Waals surface area contributed by atoms with Crippen LogP contribution in [0.5, 0.6) is 5.75 Å². The molecule has 3 unspecified atom stereocenters. The predicted molar refractivity (Wildman–Crippen MR) is 143 cm³/mol. The van der Waals surface area contributed by atoms with Crippen molar-refractivity contribution in [3.05, 3.63) is 108 Å². The van der Waals surface area contributed by atoms with Gasteiger partial charge < -0.3 is 4.74 Å². The number of nitrogens with zero attached hydrogens (tertiary/aromatic N) is 3. The van der Waals surface area contributed by atoms with Crippen LogP contribution in [0, 0.1) is 11.8 Å². The Balaban J connectivity index is 1.39. The lowest BCUT2D eigenvalue weighted by Crippen LogP contribution is -2.34. The van der Waals surface area contributed by atoms with Crippen molar-refractivity contribution in [1.29, 1.82) is 0 Å². The van der Waals surface area contributed by atoms with Crippen LogP contribution in [-0.2, 0) is 16.4 Å². The second-order valence-corrected chi connectivity index (χ2v) is 11.4. The number of aliphatic imine (C=N–C) groups is 1. The molecule has 180 valence electrons. The summed E-state index contributed by atoms with van der Waals surface area (Å²) >= 11 is 1.49. The van der Waals surface area contributed by atoms with Crippen LogP contribution in [0.1, 0.15) is 5.56 Å². The van der Waals surface area contributed by atoms with E-state index in [0.717, 1.165) is 21.8 Å². The smallest absolute Gasteiger partial charge is 0.269 e. The van der Waals surface area contributed by atoms with Crippen molar-refractivity contribution in [3.63, 3.8) is 0 Å². The Kier molecular flexibility index (Phi) is 5.91. The summed E-state index contributed by atoms with van der Waals surface area (Å²) in [6.45, 7) is 0. The molecule has 6 rings (SSSR count). The quantitative estimate of drug-likeness (QED) is 0.321. The maximum absolute atomic E-state index is 13.6. The largest absolute Gasteiger partial charge is 0.486 e. The summed E-state index contributed by atoms with van der Waals surface area (Å²) < 4.78 is 34.8. The third kappa shape index (κ3) is 4.12. The number of fused-ring (bicyclic) bond motifs is 1. The van der Waals surface area contributed by atoms with Gasteiger partial charge in [-0.2, -0.15) is 0 Å². The highest BCUT2D eigenvalue weighted by atomic mass is 32.2. The van der Waals surface area contributed by atoms with Gasteiger partial charge in [0.2, 0.25) is 0 Å². The molecule has 6 nitrogen and oxygen atoms in total. The van der Waals surface area contributed by atoms with E-state index in [1.165, 1.54) is 15.3 Å². The van der Waals surface area contributed by atoms with Gasteiger partial charge in [-0.25, -0.2) is 17.4 Å². The summed E-state index contributed by atoms with van der Waals surface area (Å²) in [4.78, 5) is 10.1. The molecule has 0 saturated heterocycles. The van der Waals surface area contributed by atoms with E-state index in [0.29, 0.717) is 12.2 Å². The summed E-state index contributed by atoms with van der Waals surface area (Å²) in [6, 6.07) is 18.2. The lowest BCUT2D eigenvalue weighted by atomic mass is 9.80. The molecule has 4 aromatic rings. The predicted octanol–water partition coefficient (Wildman–Crippen LogP) is 5.91.